The molecule has 1 aliphatic carbocycles. The van der Waals surface area contributed by atoms with Crippen molar-refractivity contribution >= 4 is 11.9 Å². The van der Waals surface area contributed by atoms with Crippen LogP contribution in [0.5, 0.6) is 0 Å². The van der Waals surface area contributed by atoms with Gasteiger partial charge in [-0.1, -0.05) is 18.2 Å². The lowest BCUT2D eigenvalue weighted by Gasteiger charge is -2.28. The molecule has 112 valence electrons. The van der Waals surface area contributed by atoms with Crippen LogP contribution in [0, 0.1) is 5.92 Å². The van der Waals surface area contributed by atoms with Gasteiger partial charge >= 0.3 is 5.97 Å². The lowest BCUT2D eigenvalue weighted by molar-refractivity contribution is -0.149. The van der Waals surface area contributed by atoms with Gasteiger partial charge < -0.3 is 14.8 Å². The number of esters is 1. The molecule has 3 rings (SSSR count). The highest BCUT2D eigenvalue weighted by atomic mass is 16.6. The lowest BCUT2D eigenvalue weighted by atomic mass is 9.84. The molecule has 0 spiro atoms. The Bertz CT molecular complexity index is 530. The molecule has 1 saturated carbocycles. The van der Waals surface area contributed by atoms with Crippen LogP contribution in [0.1, 0.15) is 30.1 Å². The zero-order valence-corrected chi connectivity index (χ0v) is 12.0. The molecule has 1 saturated heterocycles. The molecule has 0 radical (unpaired) electrons. The molecule has 1 aliphatic heterocycles. The number of carbonyl (C=O) groups is 2. The van der Waals surface area contributed by atoms with Crippen LogP contribution in [-0.4, -0.2) is 36.7 Å². The number of carbonyl (C=O) groups excluding carboxylic acids is 2. The van der Waals surface area contributed by atoms with E-state index in [4.69, 9.17) is 9.47 Å². The highest BCUT2D eigenvalue weighted by Gasteiger charge is 2.51. The van der Waals surface area contributed by atoms with Gasteiger partial charge in [0.05, 0.1) is 24.7 Å². The van der Waals surface area contributed by atoms with E-state index in [0.717, 1.165) is 0 Å². The minimum atomic E-state index is -0.318. The monoisotopic (exact) mass is 289 g/mol. The fraction of sp³-hybridized carbons (Fsp3) is 0.500. The van der Waals surface area contributed by atoms with Crippen molar-refractivity contribution in [3.05, 3.63) is 35.9 Å². The second-order valence-corrected chi connectivity index (χ2v) is 5.49. The van der Waals surface area contributed by atoms with Crippen molar-refractivity contribution in [3.8, 4) is 0 Å². The Morgan fingerprint density at radius 1 is 1.24 bits per heavy atom. The van der Waals surface area contributed by atoms with Crippen molar-refractivity contribution < 1.29 is 19.1 Å². The summed E-state index contributed by atoms with van der Waals surface area (Å²) in [5, 5.41) is 2.96. The maximum Gasteiger partial charge on any atom is 0.311 e. The molecule has 1 heterocycles. The van der Waals surface area contributed by atoms with E-state index in [1.165, 1.54) is 0 Å². The Morgan fingerprint density at radius 3 is 2.67 bits per heavy atom. The number of rotatable bonds is 4. The van der Waals surface area contributed by atoms with Crippen molar-refractivity contribution in [1.82, 2.24) is 5.32 Å². The van der Waals surface area contributed by atoms with Crippen LogP contribution in [0.25, 0.3) is 0 Å². The third kappa shape index (κ3) is 3.08. The van der Waals surface area contributed by atoms with Crippen LogP contribution >= 0.6 is 0 Å². The van der Waals surface area contributed by atoms with Crippen LogP contribution in [0.2, 0.25) is 0 Å². The van der Waals surface area contributed by atoms with E-state index in [-0.39, 0.29) is 36.0 Å². The maximum atomic E-state index is 12.3. The minimum Gasteiger partial charge on any atom is -0.466 e. The van der Waals surface area contributed by atoms with E-state index in [2.05, 4.69) is 5.32 Å². The molecule has 5 heteroatoms. The molecule has 0 unspecified atom stereocenters. The van der Waals surface area contributed by atoms with Gasteiger partial charge in [0.25, 0.3) is 5.91 Å². The van der Waals surface area contributed by atoms with E-state index in [0.29, 0.717) is 25.0 Å². The van der Waals surface area contributed by atoms with Gasteiger partial charge in [0.15, 0.2) is 0 Å². The highest BCUT2D eigenvalue weighted by molar-refractivity contribution is 5.94. The Hall–Kier alpha value is -1.88. The fourth-order valence-corrected chi connectivity index (χ4v) is 2.93. The first-order chi connectivity index (χ1) is 10.2. The molecule has 0 bridgehead atoms. The van der Waals surface area contributed by atoms with Gasteiger partial charge in [-0.15, -0.1) is 0 Å². The third-order valence-electron chi connectivity index (χ3n) is 4.09. The summed E-state index contributed by atoms with van der Waals surface area (Å²) >= 11 is 0. The summed E-state index contributed by atoms with van der Waals surface area (Å²) in [6.45, 7) is 2.14. The number of hydrogen-bond donors (Lipinski definition) is 1. The third-order valence-corrected chi connectivity index (χ3v) is 4.09. The molecule has 1 amide bonds. The van der Waals surface area contributed by atoms with Crippen LogP contribution in [-0.2, 0) is 14.3 Å². The van der Waals surface area contributed by atoms with Gasteiger partial charge in [-0.2, -0.15) is 0 Å². The van der Waals surface area contributed by atoms with Gasteiger partial charge in [0.1, 0.15) is 0 Å². The topological polar surface area (TPSA) is 67.9 Å². The second-order valence-electron chi connectivity index (χ2n) is 5.49. The van der Waals surface area contributed by atoms with Crippen molar-refractivity contribution in [1.29, 1.82) is 0 Å². The van der Waals surface area contributed by atoms with Crippen molar-refractivity contribution in [2.75, 3.05) is 6.61 Å². The summed E-state index contributed by atoms with van der Waals surface area (Å²) in [6.07, 6.45) is 1.64. The first-order valence-corrected chi connectivity index (χ1v) is 7.37. The summed E-state index contributed by atoms with van der Waals surface area (Å²) in [6, 6.07) is 8.79. The number of benzene rings is 1. The van der Waals surface area contributed by atoms with Gasteiger partial charge in [-0.3, -0.25) is 9.59 Å². The van der Waals surface area contributed by atoms with Crippen molar-refractivity contribution in [3.63, 3.8) is 0 Å². The SMILES string of the molecule is CCOC(=O)[C@@H]1C[C@H]2O[C@H]2C[C@H]1NC(=O)c1ccccc1. The highest BCUT2D eigenvalue weighted by Crippen LogP contribution is 2.40. The zero-order valence-electron chi connectivity index (χ0n) is 12.0. The average Bonchev–Trinajstić information content (AvgIpc) is 3.25. The van der Waals surface area contributed by atoms with Crippen molar-refractivity contribution in [2.45, 2.75) is 38.0 Å². The van der Waals surface area contributed by atoms with Crippen LogP contribution < -0.4 is 5.32 Å². The second kappa shape index (κ2) is 5.85. The summed E-state index contributed by atoms with van der Waals surface area (Å²) in [5.74, 6) is -0.722. The van der Waals surface area contributed by atoms with Crippen LogP contribution in [0.15, 0.2) is 30.3 Å². The molecule has 21 heavy (non-hydrogen) atoms. The lowest BCUT2D eigenvalue weighted by Crippen LogP contribution is -2.47. The Labute approximate surface area is 123 Å². The maximum absolute atomic E-state index is 12.3. The molecule has 4 atom stereocenters. The molecule has 1 aromatic carbocycles. The number of nitrogens with one attached hydrogen (secondary N) is 1. The van der Waals surface area contributed by atoms with E-state index < -0.39 is 0 Å². The van der Waals surface area contributed by atoms with Gasteiger partial charge in [-0.05, 0) is 31.9 Å². The van der Waals surface area contributed by atoms with E-state index >= 15 is 0 Å². The van der Waals surface area contributed by atoms with Gasteiger partial charge in [0, 0.05) is 11.6 Å². The molecule has 2 aliphatic rings. The van der Waals surface area contributed by atoms with E-state index in [9.17, 15) is 9.59 Å². The standard InChI is InChI=1S/C16H19NO4/c1-2-20-16(19)11-8-13-14(21-13)9-12(11)17-15(18)10-6-4-3-5-7-10/h3-7,11-14H,2,8-9H2,1H3,(H,17,18)/t11-,12-,13-,14+/m1/s1. The Kier molecular flexibility index (Phi) is 3.92. The molecular weight excluding hydrogens is 270 g/mol. The first kappa shape index (κ1) is 14.1. The normalized spacial score (nSPS) is 30.1. The number of fused-ring (bicyclic) bond motifs is 1. The molecule has 0 aromatic heterocycles. The van der Waals surface area contributed by atoms with Crippen LogP contribution in [0.3, 0.4) is 0 Å². The zero-order chi connectivity index (χ0) is 14.8. The Morgan fingerprint density at radius 2 is 1.95 bits per heavy atom. The molecule has 2 fully saturated rings. The fourth-order valence-electron chi connectivity index (χ4n) is 2.93. The van der Waals surface area contributed by atoms with Gasteiger partial charge in [0.2, 0.25) is 0 Å². The summed E-state index contributed by atoms with van der Waals surface area (Å²) < 4.78 is 10.6. The summed E-state index contributed by atoms with van der Waals surface area (Å²) in [4.78, 5) is 24.3. The van der Waals surface area contributed by atoms with Gasteiger partial charge in [-0.25, -0.2) is 0 Å². The predicted molar refractivity (Wildman–Crippen MR) is 75.7 cm³/mol. The molecule has 5 nitrogen and oxygen atoms in total. The average molecular weight is 289 g/mol. The van der Waals surface area contributed by atoms with E-state index in [1.54, 1.807) is 19.1 Å². The quantitative estimate of drug-likeness (QED) is 0.674. The predicted octanol–water partition coefficient (Wildman–Crippen LogP) is 1.53. The summed E-state index contributed by atoms with van der Waals surface area (Å²) in [5.41, 5.74) is 0.596. The number of epoxide rings is 1. The molecule has 1 N–H and O–H groups in total. The smallest absolute Gasteiger partial charge is 0.311 e. The molecule has 1 aromatic rings. The minimum absolute atomic E-state index is 0.157. The number of ether oxygens (including phenoxy) is 2. The van der Waals surface area contributed by atoms with Crippen LogP contribution in [0.4, 0.5) is 0 Å². The Balaban J connectivity index is 1.69. The van der Waals surface area contributed by atoms with Crippen molar-refractivity contribution in [2.24, 2.45) is 5.92 Å². The number of hydrogen-bond acceptors (Lipinski definition) is 4. The van der Waals surface area contributed by atoms with E-state index in [1.807, 2.05) is 18.2 Å². The number of amides is 1. The largest absolute Gasteiger partial charge is 0.466 e. The summed E-state index contributed by atoms with van der Waals surface area (Å²) in [7, 11) is 0. The first-order valence-electron chi connectivity index (χ1n) is 7.37. The molecular formula is C16H19NO4.